The highest BCUT2D eigenvalue weighted by molar-refractivity contribution is 9.10. The highest BCUT2D eigenvalue weighted by Gasteiger charge is 2.13. The lowest BCUT2D eigenvalue weighted by atomic mass is 10.2. The quantitative estimate of drug-likeness (QED) is 0.372. The van der Waals surface area contributed by atoms with E-state index >= 15 is 0 Å². The minimum Gasteiger partial charge on any atom is -0.409 e. The first-order chi connectivity index (χ1) is 6.60. The van der Waals surface area contributed by atoms with E-state index in [4.69, 9.17) is 10.9 Å². The van der Waals surface area contributed by atoms with Gasteiger partial charge in [0.05, 0.1) is 22.3 Å². The van der Waals surface area contributed by atoms with Gasteiger partial charge in [-0.1, -0.05) is 5.16 Å². The molecule has 0 aliphatic heterocycles. The first-order valence-electron chi connectivity index (χ1n) is 4.28. The van der Waals surface area contributed by atoms with Gasteiger partial charge in [0.25, 0.3) is 0 Å². The van der Waals surface area contributed by atoms with Crippen LogP contribution in [0.1, 0.15) is 18.3 Å². The maximum Gasteiger partial charge on any atom is 0.145 e. The third kappa shape index (κ3) is 2.06. The number of halogens is 1. The molecular weight excluding hydrogens is 248 g/mol. The Kier molecular flexibility index (Phi) is 3.51. The van der Waals surface area contributed by atoms with Gasteiger partial charge in [0.15, 0.2) is 0 Å². The summed E-state index contributed by atoms with van der Waals surface area (Å²) < 4.78 is 2.75. The van der Waals surface area contributed by atoms with Crippen LogP contribution < -0.4 is 5.73 Å². The van der Waals surface area contributed by atoms with Crippen molar-refractivity contribution in [1.82, 2.24) is 9.78 Å². The van der Waals surface area contributed by atoms with E-state index in [-0.39, 0.29) is 5.84 Å². The Morgan fingerprint density at radius 1 is 1.71 bits per heavy atom. The Balaban J connectivity index is 3.05. The van der Waals surface area contributed by atoms with Crippen LogP contribution in [0.4, 0.5) is 0 Å². The van der Waals surface area contributed by atoms with Crippen molar-refractivity contribution in [2.75, 3.05) is 0 Å². The van der Waals surface area contributed by atoms with Crippen LogP contribution in [0.25, 0.3) is 0 Å². The number of nitrogens with zero attached hydrogens (tertiary/aromatic N) is 3. The number of rotatable bonds is 3. The fourth-order valence-corrected chi connectivity index (χ4v) is 1.67. The van der Waals surface area contributed by atoms with Gasteiger partial charge in [0.1, 0.15) is 5.84 Å². The molecule has 0 unspecified atom stereocenters. The fourth-order valence-electron chi connectivity index (χ4n) is 1.24. The lowest BCUT2D eigenvalue weighted by molar-refractivity contribution is 0.317. The first kappa shape index (κ1) is 11.0. The van der Waals surface area contributed by atoms with Crippen LogP contribution in [-0.4, -0.2) is 20.8 Å². The van der Waals surface area contributed by atoms with Crippen LogP contribution in [0.5, 0.6) is 0 Å². The minimum absolute atomic E-state index is 0.181. The Labute approximate surface area is 90.7 Å². The molecule has 0 saturated carbocycles. The van der Waals surface area contributed by atoms with Gasteiger partial charge in [-0.05, 0) is 29.8 Å². The molecule has 1 aromatic heterocycles. The molecule has 0 fully saturated rings. The minimum atomic E-state index is 0.181. The molecule has 0 radical (unpaired) electrons. The highest BCUT2D eigenvalue weighted by atomic mass is 79.9. The molecule has 0 saturated heterocycles. The first-order valence-corrected chi connectivity index (χ1v) is 5.07. The zero-order valence-corrected chi connectivity index (χ0v) is 9.74. The number of amidine groups is 1. The smallest absolute Gasteiger partial charge is 0.145 e. The Morgan fingerprint density at radius 3 is 2.86 bits per heavy atom. The van der Waals surface area contributed by atoms with Crippen LogP contribution in [-0.2, 0) is 13.0 Å². The van der Waals surface area contributed by atoms with E-state index in [0.29, 0.717) is 6.42 Å². The van der Waals surface area contributed by atoms with E-state index in [1.54, 1.807) is 0 Å². The number of oxime groups is 1. The summed E-state index contributed by atoms with van der Waals surface area (Å²) in [5.74, 6) is 0.181. The monoisotopic (exact) mass is 260 g/mol. The van der Waals surface area contributed by atoms with Gasteiger partial charge in [-0.2, -0.15) is 5.10 Å². The van der Waals surface area contributed by atoms with E-state index < -0.39 is 0 Å². The zero-order chi connectivity index (χ0) is 10.7. The molecule has 1 heterocycles. The van der Waals surface area contributed by atoms with Crippen molar-refractivity contribution in [2.24, 2.45) is 10.9 Å². The highest BCUT2D eigenvalue weighted by Crippen LogP contribution is 2.21. The molecule has 78 valence electrons. The van der Waals surface area contributed by atoms with Crippen molar-refractivity contribution < 1.29 is 5.21 Å². The third-order valence-corrected chi connectivity index (χ3v) is 2.96. The van der Waals surface area contributed by atoms with E-state index in [1.165, 1.54) is 0 Å². The maximum atomic E-state index is 8.48. The Hall–Kier alpha value is -1.04. The SMILES string of the molecule is CCn1nc(C)c(Br)c1CC(N)=NO. The number of aryl methyl sites for hydroxylation is 2. The third-order valence-electron chi connectivity index (χ3n) is 1.93. The molecule has 0 atom stereocenters. The summed E-state index contributed by atoms with van der Waals surface area (Å²) in [7, 11) is 0. The molecule has 1 rings (SSSR count). The van der Waals surface area contributed by atoms with Gasteiger partial charge < -0.3 is 10.9 Å². The molecule has 6 heteroatoms. The lowest BCUT2D eigenvalue weighted by Gasteiger charge is -2.03. The summed E-state index contributed by atoms with van der Waals surface area (Å²) in [5, 5.41) is 15.7. The normalized spacial score (nSPS) is 12.1. The average Bonchev–Trinajstić information content (AvgIpc) is 2.45. The second-order valence-corrected chi connectivity index (χ2v) is 3.72. The molecule has 14 heavy (non-hydrogen) atoms. The van der Waals surface area contributed by atoms with Crippen molar-refractivity contribution in [3.63, 3.8) is 0 Å². The van der Waals surface area contributed by atoms with E-state index in [0.717, 1.165) is 22.4 Å². The Bertz CT molecular complexity index is 358. The van der Waals surface area contributed by atoms with Crippen molar-refractivity contribution in [3.8, 4) is 0 Å². The molecule has 1 aromatic rings. The summed E-state index contributed by atoms with van der Waals surface area (Å²) in [6.45, 7) is 4.67. The fraction of sp³-hybridized carbons (Fsp3) is 0.500. The van der Waals surface area contributed by atoms with Crippen LogP contribution in [0, 0.1) is 6.92 Å². The van der Waals surface area contributed by atoms with E-state index in [9.17, 15) is 0 Å². The standard InChI is InChI=1S/C8H13BrN4O/c1-3-13-6(4-7(10)12-14)8(9)5(2)11-13/h14H,3-4H2,1-2H3,(H2,10,12). The maximum absolute atomic E-state index is 8.48. The number of hydrogen-bond acceptors (Lipinski definition) is 3. The summed E-state index contributed by atoms with van der Waals surface area (Å²) in [6, 6.07) is 0. The molecule has 0 bridgehead atoms. The topological polar surface area (TPSA) is 76.4 Å². The van der Waals surface area contributed by atoms with Gasteiger partial charge in [0, 0.05) is 6.54 Å². The molecule has 0 aromatic carbocycles. The van der Waals surface area contributed by atoms with Gasteiger partial charge in [-0.3, -0.25) is 4.68 Å². The van der Waals surface area contributed by atoms with Gasteiger partial charge in [-0.25, -0.2) is 0 Å². The van der Waals surface area contributed by atoms with E-state index in [1.807, 2.05) is 18.5 Å². The summed E-state index contributed by atoms with van der Waals surface area (Å²) in [6.07, 6.45) is 0.395. The largest absolute Gasteiger partial charge is 0.409 e. The van der Waals surface area contributed by atoms with Gasteiger partial charge in [0.2, 0.25) is 0 Å². The van der Waals surface area contributed by atoms with E-state index in [2.05, 4.69) is 26.2 Å². The average molecular weight is 261 g/mol. The molecule has 0 aliphatic rings. The second kappa shape index (κ2) is 4.45. The summed E-state index contributed by atoms with van der Waals surface area (Å²) >= 11 is 3.42. The molecule has 0 spiro atoms. The predicted octanol–water partition coefficient (Wildman–Crippen LogP) is 1.26. The van der Waals surface area contributed by atoms with Crippen LogP contribution in [0.2, 0.25) is 0 Å². The van der Waals surface area contributed by atoms with Gasteiger partial charge in [-0.15, -0.1) is 0 Å². The molecule has 3 N–H and O–H groups in total. The molecule has 0 amide bonds. The van der Waals surface area contributed by atoms with Crippen LogP contribution >= 0.6 is 15.9 Å². The predicted molar refractivity (Wildman–Crippen MR) is 57.5 cm³/mol. The van der Waals surface area contributed by atoms with Gasteiger partial charge >= 0.3 is 0 Å². The number of hydrogen-bond donors (Lipinski definition) is 2. The summed E-state index contributed by atoms with van der Waals surface area (Å²) in [5.41, 5.74) is 7.29. The second-order valence-electron chi connectivity index (χ2n) is 2.93. The molecule has 5 nitrogen and oxygen atoms in total. The lowest BCUT2D eigenvalue weighted by Crippen LogP contribution is -2.17. The zero-order valence-electron chi connectivity index (χ0n) is 8.16. The van der Waals surface area contributed by atoms with Crippen LogP contribution in [0.15, 0.2) is 9.63 Å². The molecule has 0 aliphatic carbocycles. The molecular formula is C8H13BrN4O. The van der Waals surface area contributed by atoms with Crippen LogP contribution in [0.3, 0.4) is 0 Å². The Morgan fingerprint density at radius 2 is 2.36 bits per heavy atom. The van der Waals surface area contributed by atoms with Crippen molar-refractivity contribution >= 4 is 21.8 Å². The summed E-state index contributed by atoms with van der Waals surface area (Å²) in [4.78, 5) is 0. The van der Waals surface area contributed by atoms with Crippen molar-refractivity contribution in [3.05, 3.63) is 15.9 Å². The number of nitrogens with two attached hydrogens (primary N) is 1. The van der Waals surface area contributed by atoms with Crippen molar-refractivity contribution in [1.29, 1.82) is 0 Å². The number of aromatic nitrogens is 2. The van der Waals surface area contributed by atoms with Crippen molar-refractivity contribution in [2.45, 2.75) is 26.8 Å².